The fourth-order valence-electron chi connectivity index (χ4n) is 3.44. The molecular weight excluding hydrogens is 376 g/mol. The molecule has 0 saturated heterocycles. The van der Waals surface area contributed by atoms with E-state index in [0.717, 1.165) is 51.4 Å². The number of carbonyl (C=O) groups excluding carboxylic acids is 1. The van der Waals surface area contributed by atoms with Crippen molar-refractivity contribution in [1.82, 2.24) is 0 Å². The molecule has 0 aromatic carbocycles. The van der Waals surface area contributed by atoms with Gasteiger partial charge in [-0.05, 0) is 32.1 Å². The van der Waals surface area contributed by atoms with Crippen LogP contribution >= 0.6 is 0 Å². The Kier molecular flexibility index (Phi) is 18.8. The summed E-state index contributed by atoms with van der Waals surface area (Å²) in [4.78, 5) is 11.3. The second-order valence-electron chi connectivity index (χ2n) is 7.65. The molecule has 7 heteroatoms. The Labute approximate surface area is 176 Å². The molecule has 174 valence electrons. The molecule has 0 rings (SSSR count). The zero-order valence-electron chi connectivity index (χ0n) is 18.7. The third-order valence-electron chi connectivity index (χ3n) is 5.29. The lowest BCUT2D eigenvalue weighted by molar-refractivity contribution is -0.144. The summed E-state index contributed by atoms with van der Waals surface area (Å²) in [6.45, 7) is 2.06. The van der Waals surface area contributed by atoms with Gasteiger partial charge in [0.05, 0.1) is 31.0 Å². The van der Waals surface area contributed by atoms with Gasteiger partial charge in [-0.25, -0.2) is 0 Å². The van der Waals surface area contributed by atoms with Crippen LogP contribution in [-0.4, -0.2) is 73.1 Å². The van der Waals surface area contributed by atoms with Gasteiger partial charge in [-0.1, -0.05) is 45.4 Å². The molecule has 29 heavy (non-hydrogen) atoms. The number of ether oxygens (including phenoxy) is 3. The van der Waals surface area contributed by atoms with Gasteiger partial charge >= 0.3 is 5.97 Å². The van der Waals surface area contributed by atoms with Crippen LogP contribution in [0, 0.1) is 0 Å². The first-order chi connectivity index (χ1) is 14.0. The van der Waals surface area contributed by atoms with Crippen LogP contribution in [0.2, 0.25) is 0 Å². The molecule has 0 fully saturated rings. The van der Waals surface area contributed by atoms with Crippen LogP contribution in [0.1, 0.15) is 84.0 Å². The number of unbranched alkanes of at least 4 members (excludes halogenated alkanes) is 5. The fourth-order valence-corrected chi connectivity index (χ4v) is 3.44. The summed E-state index contributed by atoms with van der Waals surface area (Å²) >= 11 is 0. The maximum Gasteiger partial charge on any atom is 0.305 e. The summed E-state index contributed by atoms with van der Waals surface area (Å²) in [6, 6.07) is 0. The van der Waals surface area contributed by atoms with Gasteiger partial charge in [-0.15, -0.1) is 0 Å². The second-order valence-corrected chi connectivity index (χ2v) is 7.65. The van der Waals surface area contributed by atoms with E-state index in [1.54, 1.807) is 14.2 Å². The molecule has 7 nitrogen and oxygen atoms in total. The molecule has 3 N–H and O–H groups in total. The maximum absolute atomic E-state index is 11.3. The molecule has 0 aliphatic rings. The van der Waals surface area contributed by atoms with E-state index in [1.165, 1.54) is 0 Å². The Balaban J connectivity index is 3.99. The van der Waals surface area contributed by atoms with Gasteiger partial charge in [0.1, 0.15) is 6.61 Å². The molecule has 0 spiro atoms. The van der Waals surface area contributed by atoms with Gasteiger partial charge in [-0.2, -0.15) is 0 Å². The molecule has 0 aliphatic heterocycles. The first-order valence-electron chi connectivity index (χ1n) is 11.2. The van der Waals surface area contributed by atoms with Crippen LogP contribution in [0.5, 0.6) is 0 Å². The van der Waals surface area contributed by atoms with Crippen molar-refractivity contribution in [1.29, 1.82) is 0 Å². The number of hydrogen-bond acceptors (Lipinski definition) is 7. The van der Waals surface area contributed by atoms with E-state index >= 15 is 0 Å². The van der Waals surface area contributed by atoms with Crippen LogP contribution in [0.3, 0.4) is 0 Å². The summed E-state index contributed by atoms with van der Waals surface area (Å²) in [6.07, 6.45) is 8.12. The van der Waals surface area contributed by atoms with Crippen molar-refractivity contribution in [3.05, 3.63) is 0 Å². The zero-order chi connectivity index (χ0) is 21.9. The smallest absolute Gasteiger partial charge is 0.305 e. The Hall–Kier alpha value is -0.730. The average molecular weight is 421 g/mol. The van der Waals surface area contributed by atoms with Crippen LogP contribution in [0.15, 0.2) is 0 Å². The molecule has 0 amide bonds. The van der Waals surface area contributed by atoms with E-state index in [4.69, 9.17) is 19.3 Å². The van der Waals surface area contributed by atoms with E-state index in [0.29, 0.717) is 25.7 Å². The molecule has 0 saturated carbocycles. The Morgan fingerprint density at radius 3 is 2.00 bits per heavy atom. The highest BCUT2D eigenvalue weighted by Crippen LogP contribution is 2.19. The van der Waals surface area contributed by atoms with E-state index in [2.05, 4.69) is 6.92 Å². The predicted molar refractivity (Wildman–Crippen MR) is 113 cm³/mol. The third-order valence-corrected chi connectivity index (χ3v) is 5.29. The number of rotatable bonds is 20. The maximum atomic E-state index is 11.3. The minimum absolute atomic E-state index is 0.0575. The molecule has 4 atom stereocenters. The van der Waals surface area contributed by atoms with Gasteiger partial charge in [0.15, 0.2) is 0 Å². The van der Waals surface area contributed by atoms with Gasteiger partial charge < -0.3 is 29.5 Å². The molecule has 0 aromatic rings. The Morgan fingerprint density at radius 2 is 1.38 bits per heavy atom. The van der Waals surface area contributed by atoms with Gasteiger partial charge in [0, 0.05) is 20.6 Å². The highest BCUT2D eigenvalue weighted by molar-refractivity contribution is 5.69. The van der Waals surface area contributed by atoms with Crippen molar-refractivity contribution in [3.63, 3.8) is 0 Å². The van der Waals surface area contributed by atoms with E-state index < -0.39 is 12.2 Å². The molecular formula is C22H44O7. The number of hydrogen-bond donors (Lipinski definition) is 3. The lowest BCUT2D eigenvalue weighted by Crippen LogP contribution is -2.33. The average Bonchev–Trinajstić information content (AvgIpc) is 2.72. The van der Waals surface area contributed by atoms with Gasteiger partial charge in [0.25, 0.3) is 0 Å². The standard InChI is InChI=1S/C22H44O7/c1-4-5-8-12-20(27-2)19(25)14-15-21(28-3)18(24)11-9-6-7-10-13-22(26)29-17-16-23/h18-21,23-25H,4-17H2,1-3H3. The van der Waals surface area contributed by atoms with E-state index in [-0.39, 0.29) is 31.4 Å². The first-order valence-corrected chi connectivity index (χ1v) is 11.2. The summed E-state index contributed by atoms with van der Waals surface area (Å²) < 4.78 is 15.7. The summed E-state index contributed by atoms with van der Waals surface area (Å²) in [5.74, 6) is -0.277. The molecule has 0 aliphatic carbocycles. The second kappa shape index (κ2) is 19.2. The van der Waals surface area contributed by atoms with E-state index in [9.17, 15) is 15.0 Å². The lowest BCUT2D eigenvalue weighted by atomic mass is 9.97. The topological polar surface area (TPSA) is 105 Å². The van der Waals surface area contributed by atoms with Crippen LogP contribution in [0.25, 0.3) is 0 Å². The van der Waals surface area contributed by atoms with Gasteiger partial charge in [0.2, 0.25) is 0 Å². The van der Waals surface area contributed by atoms with Crippen LogP contribution in [0.4, 0.5) is 0 Å². The normalized spacial score (nSPS) is 15.7. The van der Waals surface area contributed by atoms with Gasteiger partial charge in [-0.3, -0.25) is 4.79 Å². The molecule has 4 unspecified atom stereocenters. The quantitative estimate of drug-likeness (QED) is 0.205. The summed E-state index contributed by atoms with van der Waals surface area (Å²) in [5.41, 5.74) is 0. The lowest BCUT2D eigenvalue weighted by Gasteiger charge is -2.26. The van der Waals surface area contributed by atoms with Crippen molar-refractivity contribution in [2.75, 3.05) is 27.4 Å². The number of aliphatic hydroxyl groups is 3. The minimum Gasteiger partial charge on any atom is -0.463 e. The number of carbonyl (C=O) groups is 1. The van der Waals surface area contributed by atoms with Crippen molar-refractivity contribution in [2.45, 2.75) is 108 Å². The summed E-state index contributed by atoms with van der Waals surface area (Å²) in [7, 11) is 3.22. The van der Waals surface area contributed by atoms with Crippen molar-refractivity contribution in [2.24, 2.45) is 0 Å². The van der Waals surface area contributed by atoms with Crippen molar-refractivity contribution >= 4 is 5.97 Å². The predicted octanol–water partition coefficient (Wildman–Crippen LogP) is 2.97. The molecule has 0 heterocycles. The molecule has 0 bridgehead atoms. The van der Waals surface area contributed by atoms with E-state index in [1.807, 2.05) is 0 Å². The zero-order valence-corrected chi connectivity index (χ0v) is 18.7. The molecule has 0 radical (unpaired) electrons. The Morgan fingerprint density at radius 1 is 0.793 bits per heavy atom. The molecule has 0 aromatic heterocycles. The number of methoxy groups -OCH3 is 2. The third kappa shape index (κ3) is 14.8. The van der Waals surface area contributed by atoms with Crippen molar-refractivity contribution < 1.29 is 34.3 Å². The van der Waals surface area contributed by atoms with Crippen molar-refractivity contribution in [3.8, 4) is 0 Å². The SMILES string of the molecule is CCCCCC(OC)C(O)CCC(OC)C(O)CCCCCCC(=O)OCCO. The number of aliphatic hydroxyl groups excluding tert-OH is 3. The fraction of sp³-hybridized carbons (Fsp3) is 0.955. The Bertz CT molecular complexity index is 378. The van der Waals surface area contributed by atoms with Crippen LogP contribution < -0.4 is 0 Å². The number of esters is 1. The largest absolute Gasteiger partial charge is 0.463 e. The first kappa shape index (κ1) is 28.3. The highest BCUT2D eigenvalue weighted by atomic mass is 16.5. The highest BCUT2D eigenvalue weighted by Gasteiger charge is 2.23. The summed E-state index contributed by atoms with van der Waals surface area (Å²) in [5, 5.41) is 29.4. The monoisotopic (exact) mass is 420 g/mol. The van der Waals surface area contributed by atoms with Crippen LogP contribution in [-0.2, 0) is 19.0 Å². The minimum atomic E-state index is -0.567.